The number of nitrogens with one attached hydrogen (secondary N) is 2. The van der Waals surface area contributed by atoms with E-state index >= 15 is 0 Å². The monoisotopic (exact) mass is 524 g/mol. The van der Waals surface area contributed by atoms with Crippen molar-refractivity contribution in [1.29, 1.82) is 0 Å². The van der Waals surface area contributed by atoms with Crippen LogP contribution in [0.5, 0.6) is 23.0 Å². The number of anilines is 2. The van der Waals surface area contributed by atoms with Gasteiger partial charge in [0, 0.05) is 12.1 Å². The first-order valence-electron chi connectivity index (χ1n) is 10.8. The van der Waals surface area contributed by atoms with Crippen molar-refractivity contribution >= 4 is 23.6 Å². The number of aromatic amines is 2. The Kier molecular flexibility index (Phi) is 11.9. The summed E-state index contributed by atoms with van der Waals surface area (Å²) >= 11 is 0. The average Bonchev–Trinajstić information content (AvgIpc) is 2.83. The van der Waals surface area contributed by atoms with Crippen LogP contribution in [0.15, 0.2) is 72.8 Å². The van der Waals surface area contributed by atoms with E-state index < -0.39 is 34.6 Å². The second-order valence-corrected chi connectivity index (χ2v) is 7.55. The Bertz CT molecular complexity index is 1240. The minimum absolute atomic E-state index is 0.220. The summed E-state index contributed by atoms with van der Waals surface area (Å²) in [6.07, 6.45) is 0. The summed E-state index contributed by atoms with van der Waals surface area (Å²) in [5.41, 5.74) is 12.2. The lowest BCUT2D eigenvalue weighted by Crippen LogP contribution is -2.12. The largest absolute Gasteiger partial charge is 0.872 e. The maximum atomic E-state index is 10.7. The molecule has 2 aromatic heterocycles. The maximum Gasteiger partial charge on any atom is 0.335 e. The zero-order valence-electron chi connectivity index (χ0n) is 20.5. The van der Waals surface area contributed by atoms with E-state index in [1.54, 1.807) is 0 Å². The molecule has 4 rings (SSSR count). The zero-order valence-corrected chi connectivity index (χ0v) is 20.5. The normalized spacial score (nSPS) is 9.32. The van der Waals surface area contributed by atoms with E-state index in [0.717, 1.165) is 47.8 Å². The lowest BCUT2D eigenvalue weighted by molar-refractivity contribution is -0.370. The van der Waals surface area contributed by atoms with Crippen LogP contribution in [-0.4, -0.2) is 32.4 Å². The van der Waals surface area contributed by atoms with E-state index in [1.807, 2.05) is 50.2 Å². The van der Waals surface area contributed by atoms with Crippen molar-refractivity contribution in [2.24, 2.45) is 0 Å². The topological polar surface area (TPSA) is 241 Å². The third-order valence-electron chi connectivity index (χ3n) is 4.31. The van der Waals surface area contributed by atoms with Crippen molar-refractivity contribution in [3.8, 4) is 23.0 Å². The summed E-state index contributed by atoms with van der Waals surface area (Å²) in [5, 5.41) is 55.8. The van der Waals surface area contributed by atoms with Gasteiger partial charge in [0.15, 0.2) is 0 Å². The third kappa shape index (κ3) is 11.3. The number of pyridine rings is 2. The Hall–Kier alpha value is -5.52. The van der Waals surface area contributed by atoms with Gasteiger partial charge in [0.25, 0.3) is 11.6 Å². The average molecular weight is 525 g/mol. The third-order valence-corrected chi connectivity index (χ3v) is 4.31. The summed E-state index contributed by atoms with van der Waals surface area (Å²) in [6.45, 7) is 3.94. The van der Waals surface area contributed by atoms with E-state index in [4.69, 9.17) is 31.9 Å². The molecule has 10 N–H and O–H groups in total. The van der Waals surface area contributed by atoms with Crippen molar-refractivity contribution in [2.75, 3.05) is 11.5 Å². The van der Waals surface area contributed by atoms with Crippen LogP contribution in [0.1, 0.15) is 32.1 Å². The van der Waals surface area contributed by atoms with Crippen molar-refractivity contribution in [3.63, 3.8) is 0 Å². The molecular formula is C26H28N4O8. The SMILES string of the molecule is Cc1cccc(N)[nH+]1.Cc1cccc(N)[nH+]1.O=C(O)c1cc(O)ccc1[O-].O=C(O)c1cc(O)ccc1[O-]. The zero-order chi connectivity index (χ0) is 28.8. The number of carbonyl (C=O) groups is 2. The lowest BCUT2D eigenvalue weighted by Gasteiger charge is -2.08. The van der Waals surface area contributed by atoms with E-state index in [9.17, 15) is 19.8 Å². The highest BCUT2D eigenvalue weighted by molar-refractivity contribution is 5.91. The van der Waals surface area contributed by atoms with Gasteiger partial charge in [-0.3, -0.25) is 11.5 Å². The summed E-state index contributed by atoms with van der Waals surface area (Å²) in [4.78, 5) is 26.4. The van der Waals surface area contributed by atoms with Gasteiger partial charge < -0.3 is 30.6 Å². The van der Waals surface area contributed by atoms with Gasteiger partial charge in [0.1, 0.15) is 11.5 Å². The second kappa shape index (κ2) is 14.8. The molecule has 0 bridgehead atoms. The van der Waals surface area contributed by atoms with Gasteiger partial charge in [-0.1, -0.05) is 35.8 Å². The first kappa shape index (κ1) is 30.5. The molecule has 38 heavy (non-hydrogen) atoms. The van der Waals surface area contributed by atoms with Gasteiger partial charge in [0.05, 0.1) is 22.5 Å². The number of aromatic nitrogens is 2. The highest BCUT2D eigenvalue weighted by atomic mass is 16.4. The van der Waals surface area contributed by atoms with Crippen LogP contribution < -0.4 is 31.6 Å². The van der Waals surface area contributed by atoms with Crippen LogP contribution in [0.3, 0.4) is 0 Å². The Morgan fingerprint density at radius 3 is 1.21 bits per heavy atom. The van der Waals surface area contributed by atoms with Crippen LogP contribution in [0.4, 0.5) is 11.6 Å². The van der Waals surface area contributed by atoms with Crippen LogP contribution >= 0.6 is 0 Å². The molecule has 0 unspecified atom stereocenters. The molecule has 0 aliphatic rings. The summed E-state index contributed by atoms with van der Waals surface area (Å²) in [7, 11) is 0. The molecule has 0 aliphatic carbocycles. The van der Waals surface area contributed by atoms with E-state index in [1.165, 1.54) is 0 Å². The van der Waals surface area contributed by atoms with E-state index in [2.05, 4.69) is 9.97 Å². The Balaban J connectivity index is 0.000000256. The second-order valence-electron chi connectivity index (χ2n) is 7.55. The molecule has 0 radical (unpaired) electrons. The Morgan fingerprint density at radius 1 is 0.658 bits per heavy atom. The standard InChI is InChI=1S/2C7H6O4.2C6H8N2/c2*8-4-1-2-6(9)5(3-4)7(10)11;2*1-5-3-2-4-6(7)8-5/h2*1-3,8-9H,(H,10,11);2*2-4H,1H3,(H2,7,8). The fourth-order valence-corrected chi connectivity index (χ4v) is 2.58. The predicted octanol–water partition coefficient (Wildman–Crippen LogP) is 1.11. The number of carboxylic acids is 2. The predicted molar refractivity (Wildman–Crippen MR) is 133 cm³/mol. The molecule has 4 aromatic rings. The number of aromatic hydroxyl groups is 2. The molecule has 200 valence electrons. The summed E-state index contributed by atoms with van der Waals surface area (Å²) in [6, 6.07) is 17.6. The van der Waals surface area contributed by atoms with Gasteiger partial charge in [0.2, 0.25) is 0 Å². The van der Waals surface area contributed by atoms with Crippen molar-refractivity contribution in [3.05, 3.63) is 95.3 Å². The molecule has 0 amide bonds. The van der Waals surface area contributed by atoms with Gasteiger partial charge in [-0.25, -0.2) is 19.6 Å². The molecule has 0 aliphatic heterocycles. The van der Waals surface area contributed by atoms with Gasteiger partial charge >= 0.3 is 11.9 Å². The highest BCUT2D eigenvalue weighted by Crippen LogP contribution is 2.19. The van der Waals surface area contributed by atoms with Crippen LogP contribution in [0.2, 0.25) is 0 Å². The maximum absolute atomic E-state index is 10.7. The van der Waals surface area contributed by atoms with Crippen molar-refractivity contribution < 1.29 is 50.2 Å². The quantitative estimate of drug-likeness (QED) is 0.218. The Morgan fingerprint density at radius 2 is 1.00 bits per heavy atom. The van der Waals surface area contributed by atoms with Gasteiger partial charge in [-0.15, -0.1) is 0 Å². The number of benzene rings is 2. The molecular weight excluding hydrogens is 496 g/mol. The number of rotatable bonds is 2. The molecule has 0 spiro atoms. The lowest BCUT2D eigenvalue weighted by atomic mass is 10.2. The van der Waals surface area contributed by atoms with E-state index in [-0.39, 0.29) is 11.5 Å². The molecule has 0 atom stereocenters. The molecule has 2 heterocycles. The molecule has 0 saturated heterocycles. The van der Waals surface area contributed by atoms with Crippen LogP contribution in [0, 0.1) is 13.8 Å². The smallest absolute Gasteiger partial charge is 0.335 e. The number of hydrogen-bond acceptors (Lipinski definition) is 8. The fourth-order valence-electron chi connectivity index (χ4n) is 2.58. The van der Waals surface area contributed by atoms with Crippen molar-refractivity contribution in [2.45, 2.75) is 13.8 Å². The fraction of sp³-hybridized carbons (Fsp3) is 0.0769. The number of aryl methyl sites for hydroxylation is 2. The van der Waals surface area contributed by atoms with Gasteiger partial charge in [-0.2, -0.15) is 0 Å². The number of nitrogen functional groups attached to an aromatic ring is 2. The molecule has 12 heteroatoms. The molecule has 2 aromatic carbocycles. The number of nitrogens with two attached hydrogens (primary N) is 2. The van der Waals surface area contributed by atoms with Crippen LogP contribution in [-0.2, 0) is 0 Å². The number of phenolic OH excluding ortho intramolecular Hbond substituents is 2. The molecule has 12 nitrogen and oxygen atoms in total. The van der Waals surface area contributed by atoms with Crippen LogP contribution in [0.25, 0.3) is 0 Å². The minimum atomic E-state index is -1.33. The summed E-state index contributed by atoms with van der Waals surface area (Å²) in [5.74, 6) is -2.87. The summed E-state index contributed by atoms with van der Waals surface area (Å²) < 4.78 is 0. The van der Waals surface area contributed by atoms with Crippen molar-refractivity contribution in [1.82, 2.24) is 0 Å². The Labute approximate surface area is 217 Å². The molecule has 0 fully saturated rings. The number of carboxylic acid groups (broad SMARTS) is 2. The molecule has 0 saturated carbocycles. The number of aromatic carboxylic acids is 2. The highest BCUT2D eigenvalue weighted by Gasteiger charge is 2.04. The minimum Gasteiger partial charge on any atom is -0.872 e. The number of phenols is 2. The first-order chi connectivity index (χ1) is 17.8. The van der Waals surface area contributed by atoms with Gasteiger partial charge in [-0.05, 0) is 50.2 Å². The first-order valence-corrected chi connectivity index (χ1v) is 10.8. The number of H-pyrrole nitrogens is 2. The van der Waals surface area contributed by atoms with E-state index in [0.29, 0.717) is 11.6 Å². The number of hydrogen-bond donors (Lipinski definition) is 6.